The zero-order valence-corrected chi connectivity index (χ0v) is 14.6. The molecule has 0 heterocycles. The molecule has 0 bridgehead atoms. The molecule has 0 unspecified atom stereocenters. The standard InChI is InChI=1S/C17H18.2C2H6/c1-5-14-12(3)16-10-8-7-9-11-17(16)13(4)15(14)6-2;2*1-2/h5-10H,1-2,11H2,3-4H3;2*1-2H3. The van der Waals surface area contributed by atoms with Gasteiger partial charge in [0.25, 0.3) is 0 Å². The van der Waals surface area contributed by atoms with Crippen LogP contribution in [0.4, 0.5) is 0 Å². The van der Waals surface area contributed by atoms with E-state index in [1.54, 1.807) is 0 Å². The Kier molecular flexibility index (Phi) is 9.12. The highest BCUT2D eigenvalue weighted by Crippen LogP contribution is 2.31. The number of rotatable bonds is 2. The molecule has 1 aliphatic carbocycles. The first kappa shape index (κ1) is 19.2. The normalized spacial score (nSPS) is 11.1. The van der Waals surface area contributed by atoms with Gasteiger partial charge in [0.2, 0.25) is 0 Å². The summed E-state index contributed by atoms with van der Waals surface area (Å²) in [6.45, 7) is 20.2. The van der Waals surface area contributed by atoms with Crippen LogP contribution in [0.1, 0.15) is 61.1 Å². The number of hydrogen-bond acceptors (Lipinski definition) is 0. The van der Waals surface area contributed by atoms with Crippen LogP contribution in [0, 0.1) is 13.8 Å². The van der Waals surface area contributed by atoms with E-state index in [0.29, 0.717) is 0 Å². The third-order valence-corrected chi connectivity index (χ3v) is 3.52. The first-order valence-corrected chi connectivity index (χ1v) is 7.94. The van der Waals surface area contributed by atoms with Crippen molar-refractivity contribution < 1.29 is 0 Å². The van der Waals surface area contributed by atoms with E-state index in [2.05, 4.69) is 51.3 Å². The molecule has 2 rings (SSSR count). The molecule has 0 atom stereocenters. The van der Waals surface area contributed by atoms with Crippen molar-refractivity contribution in [3.63, 3.8) is 0 Å². The van der Waals surface area contributed by atoms with Gasteiger partial charge in [-0.3, -0.25) is 0 Å². The fourth-order valence-electron chi connectivity index (χ4n) is 2.57. The highest BCUT2D eigenvalue weighted by molar-refractivity contribution is 5.77. The second-order valence-corrected chi connectivity index (χ2v) is 4.37. The molecule has 0 aliphatic heterocycles. The summed E-state index contributed by atoms with van der Waals surface area (Å²) in [7, 11) is 0. The van der Waals surface area contributed by atoms with Crippen molar-refractivity contribution in [2.45, 2.75) is 48.0 Å². The fourth-order valence-corrected chi connectivity index (χ4v) is 2.57. The zero-order valence-electron chi connectivity index (χ0n) is 14.6. The number of benzene rings is 1. The molecular formula is C21H30. The predicted molar refractivity (Wildman–Crippen MR) is 101 cm³/mol. The molecule has 0 spiro atoms. The average Bonchev–Trinajstić information content (AvgIpc) is 2.80. The Morgan fingerprint density at radius 3 is 1.90 bits per heavy atom. The van der Waals surface area contributed by atoms with Gasteiger partial charge in [0.1, 0.15) is 0 Å². The molecule has 0 aromatic heterocycles. The lowest BCUT2D eigenvalue weighted by molar-refractivity contribution is 1.17. The molecule has 0 saturated heterocycles. The Morgan fingerprint density at radius 2 is 1.38 bits per heavy atom. The molecule has 0 heteroatoms. The summed E-state index contributed by atoms with van der Waals surface area (Å²) in [4.78, 5) is 0. The predicted octanol–water partition coefficient (Wildman–Crippen LogP) is 6.77. The lowest BCUT2D eigenvalue weighted by Gasteiger charge is -2.18. The molecular weight excluding hydrogens is 252 g/mol. The van der Waals surface area contributed by atoms with Gasteiger partial charge in [-0.15, -0.1) is 0 Å². The molecule has 114 valence electrons. The first-order chi connectivity index (χ1) is 10.2. The van der Waals surface area contributed by atoms with Gasteiger partial charge >= 0.3 is 0 Å². The molecule has 0 N–H and O–H groups in total. The Balaban J connectivity index is 0.000000921. The van der Waals surface area contributed by atoms with Gasteiger partial charge in [0, 0.05) is 0 Å². The zero-order chi connectivity index (χ0) is 16.4. The maximum atomic E-state index is 3.93. The molecule has 21 heavy (non-hydrogen) atoms. The van der Waals surface area contributed by atoms with E-state index in [-0.39, 0.29) is 0 Å². The van der Waals surface area contributed by atoms with Gasteiger partial charge in [-0.2, -0.15) is 0 Å². The van der Waals surface area contributed by atoms with Crippen LogP contribution in [-0.4, -0.2) is 0 Å². The Hall–Kier alpha value is -1.82. The smallest absolute Gasteiger partial charge is 0.00854 e. The molecule has 0 nitrogen and oxygen atoms in total. The molecule has 0 fully saturated rings. The van der Waals surface area contributed by atoms with E-state index >= 15 is 0 Å². The van der Waals surface area contributed by atoms with Gasteiger partial charge < -0.3 is 0 Å². The van der Waals surface area contributed by atoms with Crippen molar-refractivity contribution in [3.8, 4) is 0 Å². The summed E-state index contributed by atoms with van der Waals surface area (Å²) >= 11 is 0. The van der Waals surface area contributed by atoms with Crippen molar-refractivity contribution in [1.82, 2.24) is 0 Å². The molecule has 1 aromatic carbocycles. The Labute approximate surface area is 131 Å². The highest BCUT2D eigenvalue weighted by atomic mass is 14.2. The summed E-state index contributed by atoms with van der Waals surface area (Å²) in [5.41, 5.74) is 7.81. The molecule has 0 saturated carbocycles. The lowest BCUT2D eigenvalue weighted by atomic mass is 9.86. The van der Waals surface area contributed by atoms with E-state index in [0.717, 1.165) is 6.42 Å². The first-order valence-electron chi connectivity index (χ1n) is 7.94. The van der Waals surface area contributed by atoms with Gasteiger partial charge in [-0.1, -0.05) is 77.3 Å². The van der Waals surface area contributed by atoms with Crippen molar-refractivity contribution in [2.75, 3.05) is 0 Å². The summed E-state index contributed by atoms with van der Waals surface area (Å²) in [5, 5.41) is 0. The largest absolute Gasteiger partial charge is 0.0984 e. The third-order valence-electron chi connectivity index (χ3n) is 3.52. The quantitative estimate of drug-likeness (QED) is 0.561. The van der Waals surface area contributed by atoms with Crippen molar-refractivity contribution in [2.24, 2.45) is 0 Å². The highest BCUT2D eigenvalue weighted by Gasteiger charge is 2.14. The van der Waals surface area contributed by atoms with Crippen LogP contribution in [0.15, 0.2) is 31.4 Å². The number of hydrogen-bond donors (Lipinski definition) is 0. The van der Waals surface area contributed by atoms with E-state index < -0.39 is 0 Å². The minimum Gasteiger partial charge on any atom is -0.0984 e. The van der Waals surface area contributed by atoms with E-state index in [1.165, 1.54) is 33.4 Å². The number of fused-ring (bicyclic) bond motifs is 1. The number of allylic oxidation sites excluding steroid dienone is 3. The summed E-state index contributed by atoms with van der Waals surface area (Å²) in [6, 6.07) is 0. The second-order valence-electron chi connectivity index (χ2n) is 4.37. The lowest BCUT2D eigenvalue weighted by Crippen LogP contribution is -2.01. The topological polar surface area (TPSA) is 0 Å². The minimum absolute atomic E-state index is 0.993. The van der Waals surface area contributed by atoms with Crippen LogP contribution in [0.2, 0.25) is 0 Å². The maximum absolute atomic E-state index is 3.93. The van der Waals surface area contributed by atoms with Crippen LogP contribution in [0.5, 0.6) is 0 Å². The molecule has 1 aromatic rings. The van der Waals surface area contributed by atoms with Crippen LogP contribution in [-0.2, 0) is 6.42 Å². The fraction of sp³-hybridized carbons (Fsp3) is 0.333. The molecule has 1 aliphatic rings. The van der Waals surface area contributed by atoms with Crippen LogP contribution < -0.4 is 0 Å². The van der Waals surface area contributed by atoms with Gasteiger partial charge in [-0.05, 0) is 53.6 Å². The van der Waals surface area contributed by atoms with E-state index in [9.17, 15) is 0 Å². The van der Waals surface area contributed by atoms with Gasteiger partial charge in [0.15, 0.2) is 0 Å². The van der Waals surface area contributed by atoms with Crippen molar-refractivity contribution >= 4 is 18.2 Å². The van der Waals surface area contributed by atoms with Crippen molar-refractivity contribution in [3.05, 3.63) is 64.8 Å². The maximum Gasteiger partial charge on any atom is -0.00854 e. The van der Waals surface area contributed by atoms with E-state index in [1.807, 2.05) is 39.8 Å². The summed E-state index contributed by atoms with van der Waals surface area (Å²) in [5.74, 6) is 0. The average molecular weight is 282 g/mol. The van der Waals surface area contributed by atoms with Gasteiger partial charge in [-0.25, -0.2) is 0 Å². The Morgan fingerprint density at radius 1 is 0.857 bits per heavy atom. The van der Waals surface area contributed by atoms with Crippen molar-refractivity contribution in [1.29, 1.82) is 0 Å². The Bertz CT molecular complexity index is 540. The van der Waals surface area contributed by atoms with Crippen LogP contribution in [0.25, 0.3) is 18.2 Å². The monoisotopic (exact) mass is 282 g/mol. The summed E-state index contributed by atoms with van der Waals surface area (Å²) in [6.07, 6.45) is 13.5. The van der Waals surface area contributed by atoms with Gasteiger partial charge in [0.05, 0.1) is 0 Å². The minimum atomic E-state index is 0.993. The second kappa shape index (κ2) is 9.99. The molecule has 0 amide bonds. The summed E-state index contributed by atoms with van der Waals surface area (Å²) < 4.78 is 0. The molecule has 0 radical (unpaired) electrons. The van der Waals surface area contributed by atoms with Crippen LogP contribution >= 0.6 is 0 Å². The third kappa shape index (κ3) is 4.07. The van der Waals surface area contributed by atoms with Crippen LogP contribution in [0.3, 0.4) is 0 Å². The van der Waals surface area contributed by atoms with E-state index in [4.69, 9.17) is 0 Å². The SMILES string of the molecule is C=Cc1c(C)c2c(c(C)c1C=C)CC=CC=C2.CC.CC.